The van der Waals surface area contributed by atoms with Crippen molar-refractivity contribution in [2.75, 3.05) is 26.2 Å². The first-order valence-corrected chi connectivity index (χ1v) is 11.6. The molecule has 7 heteroatoms. The van der Waals surface area contributed by atoms with Gasteiger partial charge in [-0.25, -0.2) is 4.79 Å². The Morgan fingerprint density at radius 3 is 2.45 bits per heavy atom. The Morgan fingerprint density at radius 2 is 1.81 bits per heavy atom. The molecule has 168 valence electrons. The molecule has 1 aromatic rings. The van der Waals surface area contributed by atoms with Gasteiger partial charge < -0.3 is 19.9 Å². The van der Waals surface area contributed by atoms with E-state index >= 15 is 0 Å². The fourth-order valence-corrected chi connectivity index (χ4v) is 5.64. The minimum atomic E-state index is -0.300. The summed E-state index contributed by atoms with van der Waals surface area (Å²) in [6.07, 6.45) is 6.00. The van der Waals surface area contributed by atoms with Crippen LogP contribution in [0.5, 0.6) is 0 Å². The Bertz CT molecular complexity index is 798. The Kier molecular flexibility index (Phi) is 6.49. The molecule has 1 spiro atoms. The molecule has 0 bridgehead atoms. The van der Waals surface area contributed by atoms with Crippen molar-refractivity contribution in [2.24, 2.45) is 5.41 Å². The zero-order valence-electron chi connectivity index (χ0n) is 18.3. The number of hydrogen-bond donors (Lipinski definition) is 1. The second kappa shape index (κ2) is 9.28. The zero-order valence-corrected chi connectivity index (χ0v) is 18.3. The molecule has 1 N–H and O–H groups in total. The van der Waals surface area contributed by atoms with Crippen molar-refractivity contribution in [1.29, 1.82) is 0 Å². The van der Waals surface area contributed by atoms with Gasteiger partial charge >= 0.3 is 12.0 Å². The summed E-state index contributed by atoms with van der Waals surface area (Å²) in [5, 5.41) is 2.80. The summed E-state index contributed by atoms with van der Waals surface area (Å²) < 4.78 is 4.88. The summed E-state index contributed by atoms with van der Waals surface area (Å²) >= 11 is 0. The van der Waals surface area contributed by atoms with E-state index in [-0.39, 0.29) is 42.5 Å². The molecule has 7 nitrogen and oxygen atoms in total. The van der Waals surface area contributed by atoms with Crippen LogP contribution in [0.25, 0.3) is 0 Å². The van der Waals surface area contributed by atoms with Crippen molar-refractivity contribution in [3.63, 3.8) is 0 Å². The standard InChI is InChI=1S/C24H33N3O4/c1-2-31-20(28)10-15-25-23(30)26-16-11-19(12-17-26)27-21(18-8-4-3-5-9-18)24(22(27)29)13-6-7-14-24/h3-5,8-9,19,21H,2,6-7,10-17H2,1H3,(H,25,30). The van der Waals surface area contributed by atoms with Crippen LogP contribution in [-0.2, 0) is 14.3 Å². The number of carbonyl (C=O) groups is 3. The maximum Gasteiger partial charge on any atom is 0.317 e. The number of benzene rings is 1. The van der Waals surface area contributed by atoms with Gasteiger partial charge in [0, 0.05) is 25.7 Å². The molecule has 0 aromatic heterocycles. The van der Waals surface area contributed by atoms with Crippen LogP contribution in [0, 0.1) is 5.41 Å². The number of likely N-dealkylation sites (tertiary alicyclic amines) is 2. The summed E-state index contributed by atoms with van der Waals surface area (Å²) in [6.45, 7) is 3.63. The maximum atomic E-state index is 13.3. The number of piperidine rings is 1. The number of ether oxygens (including phenoxy) is 1. The normalized spacial score (nSPS) is 23.0. The van der Waals surface area contributed by atoms with Crippen molar-refractivity contribution in [3.8, 4) is 0 Å². The summed E-state index contributed by atoms with van der Waals surface area (Å²) in [6, 6.07) is 10.6. The molecule has 1 aromatic carbocycles. The number of carbonyl (C=O) groups excluding carboxylic acids is 3. The predicted octanol–water partition coefficient (Wildman–Crippen LogP) is 3.26. The SMILES string of the molecule is CCOC(=O)CCNC(=O)N1CCC(N2C(=O)C3(CCCC3)C2c2ccccc2)CC1. The predicted molar refractivity (Wildman–Crippen MR) is 116 cm³/mol. The molecule has 31 heavy (non-hydrogen) atoms. The van der Waals surface area contributed by atoms with Crippen LogP contribution in [0.4, 0.5) is 4.79 Å². The Balaban J connectivity index is 1.34. The topological polar surface area (TPSA) is 79.0 Å². The van der Waals surface area contributed by atoms with Crippen LogP contribution < -0.4 is 5.32 Å². The highest BCUT2D eigenvalue weighted by Gasteiger charge is 2.63. The number of β-lactam (4-membered cyclic amide) rings is 1. The van der Waals surface area contributed by atoms with Crippen molar-refractivity contribution < 1.29 is 19.1 Å². The molecule has 3 fully saturated rings. The third-order valence-corrected chi connectivity index (χ3v) is 7.13. The van der Waals surface area contributed by atoms with Gasteiger partial charge in [-0.05, 0) is 38.2 Å². The third-order valence-electron chi connectivity index (χ3n) is 7.13. The summed E-state index contributed by atoms with van der Waals surface area (Å²) in [5.41, 5.74) is 1.03. The molecule has 2 saturated heterocycles. The first-order valence-electron chi connectivity index (χ1n) is 11.6. The van der Waals surface area contributed by atoms with E-state index in [1.807, 2.05) is 6.07 Å². The lowest BCUT2D eigenvalue weighted by Gasteiger charge is -2.59. The highest BCUT2D eigenvalue weighted by Crippen LogP contribution is 2.60. The molecular weight excluding hydrogens is 394 g/mol. The van der Waals surface area contributed by atoms with Gasteiger partial charge in [0.05, 0.1) is 24.5 Å². The number of amides is 3. The number of nitrogens with zero attached hydrogens (tertiary/aromatic N) is 2. The van der Waals surface area contributed by atoms with E-state index < -0.39 is 0 Å². The summed E-state index contributed by atoms with van der Waals surface area (Å²) in [7, 11) is 0. The lowest BCUT2D eigenvalue weighted by Crippen LogP contribution is -2.66. The number of rotatable bonds is 6. The zero-order chi connectivity index (χ0) is 21.8. The largest absolute Gasteiger partial charge is 0.466 e. The van der Waals surface area contributed by atoms with E-state index in [9.17, 15) is 14.4 Å². The maximum absolute atomic E-state index is 13.3. The number of urea groups is 1. The molecule has 2 aliphatic heterocycles. The molecule has 3 amide bonds. The molecule has 2 heterocycles. The lowest BCUT2D eigenvalue weighted by molar-refractivity contribution is -0.180. The van der Waals surface area contributed by atoms with E-state index in [4.69, 9.17) is 4.74 Å². The fourth-order valence-electron chi connectivity index (χ4n) is 5.64. The fraction of sp³-hybridized carbons (Fsp3) is 0.625. The number of nitrogens with one attached hydrogen (secondary N) is 1. The van der Waals surface area contributed by atoms with Gasteiger partial charge in [-0.1, -0.05) is 43.2 Å². The van der Waals surface area contributed by atoms with Crippen LogP contribution >= 0.6 is 0 Å². The first-order chi connectivity index (χ1) is 15.1. The highest BCUT2D eigenvalue weighted by atomic mass is 16.5. The average molecular weight is 428 g/mol. The lowest BCUT2D eigenvalue weighted by atomic mass is 9.65. The number of esters is 1. The number of hydrogen-bond acceptors (Lipinski definition) is 4. The quantitative estimate of drug-likeness (QED) is 0.558. The Labute approximate surface area is 184 Å². The van der Waals surface area contributed by atoms with Crippen molar-refractivity contribution in [1.82, 2.24) is 15.1 Å². The van der Waals surface area contributed by atoms with Crippen molar-refractivity contribution in [3.05, 3.63) is 35.9 Å². The molecule has 4 rings (SSSR count). The minimum Gasteiger partial charge on any atom is -0.466 e. The van der Waals surface area contributed by atoms with E-state index in [1.54, 1.807) is 11.8 Å². The van der Waals surface area contributed by atoms with Crippen LogP contribution in [0.15, 0.2) is 30.3 Å². The van der Waals surface area contributed by atoms with E-state index in [1.165, 1.54) is 5.56 Å². The molecule has 1 unspecified atom stereocenters. The summed E-state index contributed by atoms with van der Waals surface area (Å²) in [4.78, 5) is 41.1. The van der Waals surface area contributed by atoms with E-state index in [2.05, 4.69) is 34.5 Å². The molecule has 0 radical (unpaired) electrons. The van der Waals surface area contributed by atoms with Gasteiger partial charge in [-0.3, -0.25) is 9.59 Å². The van der Waals surface area contributed by atoms with Crippen LogP contribution in [0.2, 0.25) is 0 Å². The second-order valence-electron chi connectivity index (χ2n) is 8.89. The van der Waals surface area contributed by atoms with E-state index in [0.717, 1.165) is 38.5 Å². The van der Waals surface area contributed by atoms with Gasteiger partial charge in [0.1, 0.15) is 0 Å². The minimum absolute atomic E-state index is 0.149. The van der Waals surface area contributed by atoms with Crippen LogP contribution in [-0.4, -0.2) is 60.0 Å². The molecule has 3 aliphatic rings. The van der Waals surface area contributed by atoms with Crippen molar-refractivity contribution >= 4 is 17.9 Å². The third kappa shape index (κ3) is 4.14. The smallest absolute Gasteiger partial charge is 0.317 e. The first kappa shape index (κ1) is 21.7. The van der Waals surface area contributed by atoms with Gasteiger partial charge in [0.25, 0.3) is 0 Å². The van der Waals surface area contributed by atoms with Gasteiger partial charge in [0.2, 0.25) is 5.91 Å². The van der Waals surface area contributed by atoms with Gasteiger partial charge in [-0.2, -0.15) is 0 Å². The van der Waals surface area contributed by atoms with Crippen LogP contribution in [0.1, 0.15) is 63.5 Å². The van der Waals surface area contributed by atoms with Gasteiger partial charge in [-0.15, -0.1) is 0 Å². The Morgan fingerprint density at radius 1 is 1.13 bits per heavy atom. The van der Waals surface area contributed by atoms with Gasteiger partial charge in [0.15, 0.2) is 0 Å². The van der Waals surface area contributed by atoms with E-state index in [0.29, 0.717) is 25.6 Å². The molecule has 1 saturated carbocycles. The highest BCUT2D eigenvalue weighted by molar-refractivity contribution is 5.91. The molecule has 1 aliphatic carbocycles. The summed E-state index contributed by atoms with van der Waals surface area (Å²) in [5.74, 6) is 0.0155. The average Bonchev–Trinajstić information content (AvgIpc) is 3.30. The van der Waals surface area contributed by atoms with Crippen LogP contribution in [0.3, 0.4) is 0 Å². The second-order valence-corrected chi connectivity index (χ2v) is 8.89. The Hall–Kier alpha value is -2.57. The monoisotopic (exact) mass is 427 g/mol. The molecule has 1 atom stereocenters. The van der Waals surface area contributed by atoms with Crippen molar-refractivity contribution in [2.45, 2.75) is 64.0 Å². The molecular formula is C24H33N3O4.